The Labute approximate surface area is 75.9 Å². The van der Waals surface area contributed by atoms with Crippen LogP contribution in [0.15, 0.2) is 36.4 Å². The van der Waals surface area contributed by atoms with Crippen LogP contribution in [0, 0.1) is 0 Å². The lowest BCUT2D eigenvalue weighted by Gasteiger charge is -2.07. The molecule has 13 heavy (non-hydrogen) atoms. The van der Waals surface area contributed by atoms with Crippen molar-refractivity contribution >= 4 is 5.57 Å². The van der Waals surface area contributed by atoms with Crippen molar-refractivity contribution in [1.29, 1.82) is 0 Å². The van der Waals surface area contributed by atoms with E-state index in [4.69, 9.17) is 9.84 Å². The first kappa shape index (κ1) is 8.44. The third-order valence-electron chi connectivity index (χ3n) is 1.96. The predicted octanol–water partition coefficient (Wildman–Crippen LogP) is 0.737. The Hall–Kier alpha value is -1.16. The van der Waals surface area contributed by atoms with Crippen molar-refractivity contribution in [3.05, 3.63) is 42.0 Å². The van der Waals surface area contributed by atoms with Crippen LogP contribution in [-0.4, -0.2) is 22.8 Å². The molecule has 68 valence electrons. The molecule has 0 saturated heterocycles. The Kier molecular flexibility index (Phi) is 2.14. The van der Waals surface area contributed by atoms with Crippen LogP contribution in [0.4, 0.5) is 0 Å². The summed E-state index contributed by atoms with van der Waals surface area (Å²) in [6.45, 7) is 0. The molecule has 1 aromatic carbocycles. The van der Waals surface area contributed by atoms with E-state index in [1.807, 2.05) is 30.3 Å². The van der Waals surface area contributed by atoms with Crippen molar-refractivity contribution in [2.45, 2.75) is 12.6 Å². The number of aliphatic hydroxyl groups excluding tert-OH is 2. The van der Waals surface area contributed by atoms with Crippen LogP contribution in [0.1, 0.15) is 5.56 Å². The highest BCUT2D eigenvalue weighted by Gasteiger charge is 2.24. The zero-order chi connectivity index (χ0) is 9.26. The lowest BCUT2D eigenvalue weighted by Crippen LogP contribution is -2.12. The van der Waals surface area contributed by atoms with Gasteiger partial charge in [-0.2, -0.15) is 0 Å². The lowest BCUT2D eigenvalue weighted by molar-refractivity contribution is -0.144. The molecule has 1 heterocycles. The molecule has 2 rings (SSSR count). The van der Waals surface area contributed by atoms with Gasteiger partial charge in [-0.25, -0.2) is 0 Å². The van der Waals surface area contributed by atoms with E-state index in [1.165, 1.54) is 6.08 Å². The Bertz CT molecular complexity index is 318. The number of ether oxygens (including phenoxy) is 1. The quantitative estimate of drug-likeness (QED) is 0.666. The van der Waals surface area contributed by atoms with E-state index in [0.29, 0.717) is 5.57 Å². The van der Waals surface area contributed by atoms with Crippen LogP contribution in [0.2, 0.25) is 0 Å². The maximum absolute atomic E-state index is 9.36. The number of benzene rings is 1. The molecule has 0 radical (unpaired) electrons. The largest absolute Gasteiger partial charge is 0.365 e. The van der Waals surface area contributed by atoms with E-state index in [2.05, 4.69) is 0 Å². The maximum Gasteiger partial charge on any atom is 0.185 e. The fourth-order valence-electron chi connectivity index (χ4n) is 1.35. The second-order valence-corrected chi connectivity index (χ2v) is 2.87. The minimum atomic E-state index is -1.02. The van der Waals surface area contributed by atoms with E-state index >= 15 is 0 Å². The molecule has 1 aromatic rings. The minimum Gasteiger partial charge on any atom is -0.365 e. The van der Waals surface area contributed by atoms with Crippen molar-refractivity contribution < 1.29 is 14.9 Å². The summed E-state index contributed by atoms with van der Waals surface area (Å²) in [7, 11) is 0. The summed E-state index contributed by atoms with van der Waals surface area (Å²) in [5.41, 5.74) is 1.49. The first-order chi connectivity index (χ1) is 6.27. The van der Waals surface area contributed by atoms with Crippen LogP contribution in [0.3, 0.4) is 0 Å². The summed E-state index contributed by atoms with van der Waals surface area (Å²) < 4.78 is 4.75. The number of rotatable bonds is 1. The van der Waals surface area contributed by atoms with E-state index in [-0.39, 0.29) is 0 Å². The molecule has 2 unspecified atom stereocenters. The monoisotopic (exact) mass is 178 g/mol. The second-order valence-electron chi connectivity index (χ2n) is 2.87. The van der Waals surface area contributed by atoms with Gasteiger partial charge in [0.25, 0.3) is 0 Å². The van der Waals surface area contributed by atoms with Gasteiger partial charge in [0.05, 0.1) is 0 Å². The number of hydrogen-bond acceptors (Lipinski definition) is 3. The predicted molar refractivity (Wildman–Crippen MR) is 47.5 cm³/mol. The molecule has 0 fully saturated rings. The van der Waals surface area contributed by atoms with Gasteiger partial charge >= 0.3 is 0 Å². The Morgan fingerprint density at radius 2 is 1.77 bits per heavy atom. The summed E-state index contributed by atoms with van der Waals surface area (Å²) >= 11 is 0. The fraction of sp³-hybridized carbons (Fsp3) is 0.200. The highest BCUT2D eigenvalue weighted by atomic mass is 16.7. The smallest absolute Gasteiger partial charge is 0.185 e. The Morgan fingerprint density at radius 3 is 2.31 bits per heavy atom. The van der Waals surface area contributed by atoms with Crippen LogP contribution < -0.4 is 0 Å². The molecule has 1 aliphatic rings. The summed E-state index contributed by atoms with van der Waals surface area (Å²) in [5.74, 6) is 0. The first-order valence-corrected chi connectivity index (χ1v) is 4.06. The van der Waals surface area contributed by atoms with Gasteiger partial charge < -0.3 is 14.9 Å². The van der Waals surface area contributed by atoms with E-state index in [0.717, 1.165) is 5.56 Å². The zero-order valence-electron chi connectivity index (χ0n) is 6.92. The molecule has 2 atom stereocenters. The standard InChI is InChI=1S/C10H10O3/c11-9-6-8(10(12)13-9)7-4-2-1-3-5-7/h1-6,9-12H. The molecular formula is C10H10O3. The SMILES string of the molecule is OC1C=C(c2ccccc2)C(O)O1. The topological polar surface area (TPSA) is 49.7 Å². The summed E-state index contributed by atoms with van der Waals surface area (Å²) in [4.78, 5) is 0. The summed E-state index contributed by atoms with van der Waals surface area (Å²) in [6, 6.07) is 9.34. The number of aliphatic hydroxyl groups is 2. The molecule has 3 heteroatoms. The lowest BCUT2D eigenvalue weighted by atomic mass is 10.1. The van der Waals surface area contributed by atoms with E-state index < -0.39 is 12.6 Å². The molecule has 3 nitrogen and oxygen atoms in total. The Morgan fingerprint density at radius 1 is 1.08 bits per heavy atom. The highest BCUT2D eigenvalue weighted by molar-refractivity contribution is 5.69. The van der Waals surface area contributed by atoms with Crippen molar-refractivity contribution in [3.8, 4) is 0 Å². The molecule has 0 spiro atoms. The highest BCUT2D eigenvalue weighted by Crippen LogP contribution is 2.25. The normalized spacial score (nSPS) is 27.4. The van der Waals surface area contributed by atoms with Gasteiger partial charge in [0, 0.05) is 5.57 Å². The van der Waals surface area contributed by atoms with Gasteiger partial charge in [-0.05, 0) is 11.6 Å². The third kappa shape index (κ3) is 1.62. The van der Waals surface area contributed by atoms with Gasteiger partial charge in [-0.1, -0.05) is 30.3 Å². The van der Waals surface area contributed by atoms with Crippen molar-refractivity contribution in [2.75, 3.05) is 0 Å². The van der Waals surface area contributed by atoms with Crippen LogP contribution in [-0.2, 0) is 4.74 Å². The van der Waals surface area contributed by atoms with Crippen LogP contribution >= 0.6 is 0 Å². The molecule has 0 bridgehead atoms. The van der Waals surface area contributed by atoms with Crippen molar-refractivity contribution in [1.82, 2.24) is 0 Å². The third-order valence-corrected chi connectivity index (χ3v) is 1.96. The molecule has 0 saturated carbocycles. The molecule has 0 aromatic heterocycles. The average molecular weight is 178 g/mol. The summed E-state index contributed by atoms with van der Waals surface area (Å²) in [6.07, 6.45) is -0.511. The Balaban J connectivity index is 2.32. The molecule has 0 amide bonds. The van der Waals surface area contributed by atoms with Crippen LogP contribution in [0.5, 0.6) is 0 Å². The number of hydrogen-bond donors (Lipinski definition) is 2. The van der Waals surface area contributed by atoms with Crippen LogP contribution in [0.25, 0.3) is 5.57 Å². The molecular weight excluding hydrogens is 168 g/mol. The van der Waals surface area contributed by atoms with Gasteiger partial charge in [-0.15, -0.1) is 0 Å². The maximum atomic E-state index is 9.36. The van der Waals surface area contributed by atoms with Crippen molar-refractivity contribution in [3.63, 3.8) is 0 Å². The van der Waals surface area contributed by atoms with Gasteiger partial charge in [-0.3, -0.25) is 0 Å². The molecule has 1 aliphatic heterocycles. The summed E-state index contributed by atoms with van der Waals surface area (Å²) in [5, 5.41) is 18.4. The first-order valence-electron chi connectivity index (χ1n) is 4.06. The van der Waals surface area contributed by atoms with Crippen molar-refractivity contribution in [2.24, 2.45) is 0 Å². The fourth-order valence-corrected chi connectivity index (χ4v) is 1.35. The minimum absolute atomic E-state index is 0.619. The van der Waals surface area contributed by atoms with E-state index in [9.17, 15) is 5.11 Å². The van der Waals surface area contributed by atoms with Gasteiger partial charge in [0.1, 0.15) is 0 Å². The van der Waals surface area contributed by atoms with Gasteiger partial charge in [0.15, 0.2) is 12.6 Å². The molecule has 0 aliphatic carbocycles. The van der Waals surface area contributed by atoms with Gasteiger partial charge in [0.2, 0.25) is 0 Å². The molecule has 2 N–H and O–H groups in total. The average Bonchev–Trinajstić information content (AvgIpc) is 2.47. The zero-order valence-corrected chi connectivity index (χ0v) is 6.92. The van der Waals surface area contributed by atoms with E-state index in [1.54, 1.807) is 0 Å². The second kappa shape index (κ2) is 3.30.